The number of rotatable bonds is 7. The van der Waals surface area contributed by atoms with E-state index in [-0.39, 0.29) is 5.41 Å². The van der Waals surface area contributed by atoms with E-state index in [0.29, 0.717) is 30.5 Å². The highest BCUT2D eigenvalue weighted by Crippen LogP contribution is 2.26. The SMILES string of the molecule is CC(C)(C)COC(=O)NCCOc1ccc(Cc2ccccc2)cc1Cl. The van der Waals surface area contributed by atoms with E-state index in [4.69, 9.17) is 21.1 Å². The molecule has 2 aromatic rings. The van der Waals surface area contributed by atoms with Crippen molar-refractivity contribution in [1.82, 2.24) is 5.32 Å². The Kier molecular flexibility index (Phi) is 7.34. The van der Waals surface area contributed by atoms with Crippen LogP contribution in [0.25, 0.3) is 0 Å². The van der Waals surface area contributed by atoms with Crippen molar-refractivity contribution in [1.29, 1.82) is 0 Å². The Bertz CT molecular complexity index is 711. The number of alkyl carbamates (subject to hydrolysis) is 1. The van der Waals surface area contributed by atoms with Gasteiger partial charge in [-0.1, -0.05) is 68.8 Å². The van der Waals surface area contributed by atoms with Crippen LogP contribution in [0.2, 0.25) is 5.02 Å². The summed E-state index contributed by atoms with van der Waals surface area (Å²) in [7, 11) is 0. The number of benzene rings is 2. The Labute approximate surface area is 160 Å². The molecule has 1 amide bonds. The highest BCUT2D eigenvalue weighted by molar-refractivity contribution is 6.32. The van der Waals surface area contributed by atoms with Gasteiger partial charge in [0.15, 0.2) is 0 Å². The molecule has 0 unspecified atom stereocenters. The standard InChI is InChI=1S/C21H26ClNO3/c1-21(2,3)15-26-20(24)23-11-12-25-19-10-9-17(14-18(19)22)13-16-7-5-4-6-8-16/h4-10,14H,11-13,15H2,1-3H3,(H,23,24). The van der Waals surface area contributed by atoms with Gasteiger partial charge in [-0.15, -0.1) is 0 Å². The van der Waals surface area contributed by atoms with Gasteiger partial charge in [0, 0.05) is 0 Å². The number of halogens is 1. The summed E-state index contributed by atoms with van der Waals surface area (Å²) in [6, 6.07) is 16.0. The molecule has 0 saturated carbocycles. The molecule has 0 aliphatic carbocycles. The van der Waals surface area contributed by atoms with Gasteiger partial charge in [0.2, 0.25) is 0 Å². The summed E-state index contributed by atoms with van der Waals surface area (Å²) in [5.41, 5.74) is 2.30. The Morgan fingerprint density at radius 3 is 2.46 bits per heavy atom. The molecule has 2 aromatic carbocycles. The predicted molar refractivity (Wildman–Crippen MR) is 105 cm³/mol. The van der Waals surface area contributed by atoms with Gasteiger partial charge in [-0.3, -0.25) is 0 Å². The highest BCUT2D eigenvalue weighted by Gasteiger charge is 2.13. The highest BCUT2D eigenvalue weighted by atomic mass is 35.5. The van der Waals surface area contributed by atoms with Gasteiger partial charge in [-0.05, 0) is 35.1 Å². The van der Waals surface area contributed by atoms with Gasteiger partial charge in [0.25, 0.3) is 0 Å². The van der Waals surface area contributed by atoms with E-state index in [2.05, 4.69) is 17.4 Å². The van der Waals surface area contributed by atoms with Crippen molar-refractivity contribution in [3.63, 3.8) is 0 Å². The molecular formula is C21H26ClNO3. The number of carbonyl (C=O) groups is 1. The summed E-state index contributed by atoms with van der Waals surface area (Å²) in [5, 5.41) is 3.22. The molecular weight excluding hydrogens is 350 g/mol. The second-order valence-electron chi connectivity index (χ2n) is 7.34. The third-order valence-corrected chi connectivity index (χ3v) is 3.81. The summed E-state index contributed by atoms with van der Waals surface area (Å²) in [6.07, 6.45) is 0.384. The Hall–Kier alpha value is -2.20. The van der Waals surface area contributed by atoms with Crippen LogP contribution in [0.15, 0.2) is 48.5 Å². The van der Waals surface area contributed by atoms with Crippen molar-refractivity contribution in [2.24, 2.45) is 5.41 Å². The van der Waals surface area contributed by atoms with Crippen molar-refractivity contribution < 1.29 is 14.3 Å². The van der Waals surface area contributed by atoms with Gasteiger partial charge in [-0.2, -0.15) is 0 Å². The van der Waals surface area contributed by atoms with Crippen LogP contribution in [0.4, 0.5) is 4.79 Å². The maximum Gasteiger partial charge on any atom is 0.407 e. The first kappa shape index (κ1) is 20.1. The molecule has 0 spiro atoms. The molecule has 0 fully saturated rings. The van der Waals surface area contributed by atoms with Crippen LogP contribution in [0.3, 0.4) is 0 Å². The van der Waals surface area contributed by atoms with Crippen molar-refractivity contribution in [2.75, 3.05) is 19.8 Å². The molecule has 140 valence electrons. The topological polar surface area (TPSA) is 47.6 Å². The second kappa shape index (κ2) is 9.48. The third-order valence-electron chi connectivity index (χ3n) is 3.51. The molecule has 0 aliphatic rings. The molecule has 4 nitrogen and oxygen atoms in total. The second-order valence-corrected chi connectivity index (χ2v) is 7.75. The van der Waals surface area contributed by atoms with Crippen LogP contribution in [0, 0.1) is 5.41 Å². The van der Waals surface area contributed by atoms with E-state index in [1.54, 1.807) is 0 Å². The van der Waals surface area contributed by atoms with E-state index in [9.17, 15) is 4.79 Å². The smallest absolute Gasteiger partial charge is 0.407 e. The number of hydrogen-bond donors (Lipinski definition) is 1. The largest absolute Gasteiger partial charge is 0.490 e. The molecule has 0 heterocycles. The minimum absolute atomic E-state index is 0.0527. The fourth-order valence-corrected chi connectivity index (χ4v) is 2.51. The van der Waals surface area contributed by atoms with Gasteiger partial charge >= 0.3 is 6.09 Å². The van der Waals surface area contributed by atoms with Crippen LogP contribution in [-0.4, -0.2) is 25.9 Å². The fraction of sp³-hybridized carbons (Fsp3) is 0.381. The summed E-state index contributed by atoms with van der Waals surface area (Å²) >= 11 is 6.30. The van der Waals surface area contributed by atoms with Gasteiger partial charge in [-0.25, -0.2) is 4.79 Å². The van der Waals surface area contributed by atoms with Crippen LogP contribution < -0.4 is 10.1 Å². The Balaban J connectivity index is 1.75. The minimum Gasteiger partial charge on any atom is -0.490 e. The predicted octanol–water partition coefficient (Wildman–Crippen LogP) is 5.08. The zero-order valence-electron chi connectivity index (χ0n) is 15.5. The monoisotopic (exact) mass is 375 g/mol. The number of ether oxygens (including phenoxy) is 2. The molecule has 0 bridgehead atoms. The van der Waals surface area contributed by atoms with Crippen molar-refractivity contribution >= 4 is 17.7 Å². The van der Waals surface area contributed by atoms with E-state index in [1.807, 2.05) is 57.2 Å². The van der Waals surface area contributed by atoms with Gasteiger partial charge in [0.1, 0.15) is 12.4 Å². The molecule has 5 heteroatoms. The van der Waals surface area contributed by atoms with Crippen molar-refractivity contribution in [2.45, 2.75) is 27.2 Å². The molecule has 0 atom stereocenters. The van der Waals surface area contributed by atoms with E-state index in [1.165, 1.54) is 5.56 Å². The summed E-state index contributed by atoms with van der Waals surface area (Å²) in [6.45, 7) is 7.06. The lowest BCUT2D eigenvalue weighted by atomic mass is 9.99. The van der Waals surface area contributed by atoms with Crippen molar-refractivity contribution in [3.05, 3.63) is 64.7 Å². The van der Waals surface area contributed by atoms with E-state index >= 15 is 0 Å². The first-order valence-electron chi connectivity index (χ1n) is 8.69. The maximum atomic E-state index is 11.6. The number of amides is 1. The number of hydrogen-bond acceptors (Lipinski definition) is 3. The van der Waals surface area contributed by atoms with Crippen molar-refractivity contribution in [3.8, 4) is 5.75 Å². The quantitative estimate of drug-likeness (QED) is 0.686. The lowest BCUT2D eigenvalue weighted by Crippen LogP contribution is -2.31. The van der Waals surface area contributed by atoms with Gasteiger partial charge in [0.05, 0.1) is 18.2 Å². The molecule has 2 rings (SSSR count). The van der Waals surface area contributed by atoms with E-state index < -0.39 is 6.09 Å². The fourth-order valence-electron chi connectivity index (χ4n) is 2.25. The van der Waals surface area contributed by atoms with Crippen LogP contribution in [0.5, 0.6) is 5.75 Å². The Morgan fingerprint density at radius 2 is 1.81 bits per heavy atom. The summed E-state index contributed by atoms with van der Waals surface area (Å²) in [4.78, 5) is 11.6. The first-order chi connectivity index (χ1) is 12.3. The Morgan fingerprint density at radius 1 is 1.08 bits per heavy atom. The molecule has 0 aromatic heterocycles. The molecule has 0 radical (unpaired) electrons. The molecule has 0 aliphatic heterocycles. The lowest BCUT2D eigenvalue weighted by Gasteiger charge is -2.18. The molecule has 1 N–H and O–H groups in total. The normalized spacial score (nSPS) is 11.1. The summed E-state index contributed by atoms with van der Waals surface area (Å²) in [5.74, 6) is 0.605. The van der Waals surface area contributed by atoms with E-state index in [0.717, 1.165) is 12.0 Å². The maximum absolute atomic E-state index is 11.6. The zero-order chi connectivity index (χ0) is 19.0. The van der Waals surface area contributed by atoms with Crippen LogP contribution >= 0.6 is 11.6 Å². The molecule has 26 heavy (non-hydrogen) atoms. The minimum atomic E-state index is -0.437. The average Bonchev–Trinajstić information content (AvgIpc) is 2.59. The first-order valence-corrected chi connectivity index (χ1v) is 9.07. The zero-order valence-corrected chi connectivity index (χ0v) is 16.3. The lowest BCUT2D eigenvalue weighted by molar-refractivity contribution is 0.105. The average molecular weight is 376 g/mol. The summed E-state index contributed by atoms with van der Waals surface area (Å²) < 4.78 is 10.8. The molecule has 0 saturated heterocycles. The van der Waals surface area contributed by atoms with Crippen LogP contribution in [0.1, 0.15) is 31.9 Å². The van der Waals surface area contributed by atoms with Crippen LogP contribution in [-0.2, 0) is 11.2 Å². The number of carbonyl (C=O) groups excluding carboxylic acids is 1. The van der Waals surface area contributed by atoms with Gasteiger partial charge < -0.3 is 14.8 Å². The number of nitrogens with one attached hydrogen (secondary N) is 1. The third kappa shape index (κ3) is 7.36.